The highest BCUT2D eigenvalue weighted by atomic mass is 79.9. The van der Waals surface area contributed by atoms with Crippen molar-refractivity contribution in [2.45, 2.75) is 6.18 Å². The molecule has 0 saturated heterocycles. The van der Waals surface area contributed by atoms with Gasteiger partial charge in [0.25, 0.3) is 0 Å². The van der Waals surface area contributed by atoms with E-state index in [4.69, 9.17) is 0 Å². The average Bonchev–Trinajstić information content (AvgIpc) is 1.60. The van der Waals surface area contributed by atoms with E-state index in [1.165, 1.54) is 0 Å². The minimum absolute atomic E-state index is 0.487. The van der Waals surface area contributed by atoms with Gasteiger partial charge in [0.15, 0.2) is 5.57 Å². The van der Waals surface area contributed by atoms with Gasteiger partial charge in [-0.25, -0.2) is 4.79 Å². The zero-order valence-electron chi connectivity index (χ0n) is 4.33. The highest BCUT2D eigenvalue weighted by Crippen LogP contribution is 2.25. The van der Waals surface area contributed by atoms with Gasteiger partial charge >= 0.3 is 6.18 Å². The number of carbonyl (C=O) groups is 1. The summed E-state index contributed by atoms with van der Waals surface area (Å²) in [6.45, 7) is 0. The van der Waals surface area contributed by atoms with Crippen LogP contribution in [0.25, 0.3) is 0 Å². The summed E-state index contributed by atoms with van der Waals surface area (Å²) in [6, 6.07) is 0. The summed E-state index contributed by atoms with van der Waals surface area (Å²) in [7, 11) is 0. The molecule has 10 heavy (non-hydrogen) atoms. The van der Waals surface area contributed by atoms with Gasteiger partial charge < -0.3 is 0 Å². The third kappa shape index (κ3) is 2.33. The van der Waals surface area contributed by atoms with Crippen LogP contribution in [0, 0.1) is 0 Å². The second-order valence-corrected chi connectivity index (χ2v) is 1.97. The van der Waals surface area contributed by atoms with Crippen molar-refractivity contribution in [3.05, 3.63) is 5.57 Å². The van der Waals surface area contributed by atoms with Crippen molar-refractivity contribution in [3.8, 4) is 0 Å². The summed E-state index contributed by atoms with van der Waals surface area (Å²) < 4.78 is 32.8. The van der Waals surface area contributed by atoms with Crippen LogP contribution < -0.4 is 0 Å². The van der Waals surface area contributed by atoms with Gasteiger partial charge in [0.1, 0.15) is 5.94 Å². The number of allylic oxidation sites excluding steroid dienone is 1. The maximum absolute atomic E-state index is 11.4. The van der Waals surface area contributed by atoms with Crippen LogP contribution in [-0.2, 0) is 9.59 Å². The molecule has 0 spiro atoms. The quantitative estimate of drug-likeness (QED) is 0.376. The molecule has 0 unspecified atom stereocenters. The number of alkyl halides is 3. The molecule has 0 aromatic carbocycles. The lowest BCUT2D eigenvalue weighted by atomic mass is 10.3. The molecule has 0 rings (SSSR count). The maximum Gasteiger partial charge on any atom is 0.431 e. The Morgan fingerprint density at radius 2 is 1.80 bits per heavy atom. The largest absolute Gasteiger partial charge is 0.431 e. The Morgan fingerprint density at radius 1 is 1.40 bits per heavy atom. The van der Waals surface area contributed by atoms with E-state index in [1.54, 1.807) is 0 Å². The Bertz CT molecular complexity index is 201. The van der Waals surface area contributed by atoms with Crippen LogP contribution in [0.15, 0.2) is 5.57 Å². The van der Waals surface area contributed by atoms with Gasteiger partial charge in [-0.1, -0.05) is 0 Å². The van der Waals surface area contributed by atoms with E-state index >= 15 is 0 Å². The van der Waals surface area contributed by atoms with Crippen LogP contribution in [0.2, 0.25) is 0 Å². The Labute approximate surface area is 61.8 Å². The third-order valence-corrected chi connectivity index (χ3v) is 0.979. The van der Waals surface area contributed by atoms with Crippen molar-refractivity contribution < 1.29 is 22.8 Å². The first-order valence-electron chi connectivity index (χ1n) is 1.91. The molecule has 0 aliphatic rings. The first-order chi connectivity index (χ1) is 4.39. The Balaban J connectivity index is 4.74. The fourth-order valence-corrected chi connectivity index (χ4v) is 0.515. The van der Waals surface area contributed by atoms with Crippen LogP contribution in [0.3, 0.4) is 0 Å². The Kier molecular flexibility index (Phi) is 2.80. The predicted octanol–water partition coefficient (Wildman–Crippen LogP) is 1.23. The van der Waals surface area contributed by atoms with Crippen LogP contribution >= 0.6 is 15.9 Å². The molecule has 6 heteroatoms. The van der Waals surface area contributed by atoms with Crippen molar-refractivity contribution in [1.29, 1.82) is 0 Å². The van der Waals surface area contributed by atoms with Crippen molar-refractivity contribution in [2.24, 2.45) is 0 Å². The SMILES string of the molecule is O=C=C(C(=O)Br)C(F)(F)F. The zero-order chi connectivity index (χ0) is 8.36. The molecule has 0 bridgehead atoms. The highest BCUT2D eigenvalue weighted by molar-refractivity contribution is 9.18. The van der Waals surface area contributed by atoms with Gasteiger partial charge in [0.2, 0.25) is 4.69 Å². The molecule has 56 valence electrons. The van der Waals surface area contributed by atoms with Crippen LogP contribution in [0.4, 0.5) is 13.2 Å². The summed E-state index contributed by atoms with van der Waals surface area (Å²) >= 11 is 1.98. The van der Waals surface area contributed by atoms with E-state index in [0.29, 0.717) is 5.94 Å². The van der Waals surface area contributed by atoms with Crippen molar-refractivity contribution in [2.75, 3.05) is 0 Å². The number of halogens is 4. The molecule has 0 N–H and O–H groups in total. The molecule has 0 aliphatic carbocycles. The van der Waals surface area contributed by atoms with Crippen LogP contribution in [0.1, 0.15) is 0 Å². The maximum atomic E-state index is 11.4. The van der Waals surface area contributed by atoms with Crippen LogP contribution in [-0.4, -0.2) is 16.8 Å². The topological polar surface area (TPSA) is 34.1 Å². The first-order valence-corrected chi connectivity index (χ1v) is 2.71. The summed E-state index contributed by atoms with van der Waals surface area (Å²) in [5.74, 6) is 0.487. The second kappa shape index (κ2) is 2.98. The lowest BCUT2D eigenvalue weighted by molar-refractivity contribution is -0.120. The van der Waals surface area contributed by atoms with Gasteiger partial charge in [-0.2, -0.15) is 13.2 Å². The Morgan fingerprint density at radius 3 is 1.80 bits per heavy atom. The van der Waals surface area contributed by atoms with E-state index in [0.717, 1.165) is 0 Å². The summed E-state index contributed by atoms with van der Waals surface area (Å²) in [5, 5.41) is 0. The molecule has 0 atom stereocenters. The van der Waals surface area contributed by atoms with Gasteiger partial charge in [-0.3, -0.25) is 4.79 Å². The summed E-state index contributed by atoms with van der Waals surface area (Å²) in [4.78, 5) is 19.4. The highest BCUT2D eigenvalue weighted by Gasteiger charge is 2.39. The van der Waals surface area contributed by atoms with Gasteiger partial charge in [-0.05, 0) is 15.9 Å². The molecular formula is C4BrF3O2. The van der Waals surface area contributed by atoms with E-state index in [2.05, 4.69) is 0 Å². The summed E-state index contributed by atoms with van der Waals surface area (Å²) in [5.41, 5.74) is -1.85. The lowest BCUT2D eigenvalue weighted by Crippen LogP contribution is -2.16. The van der Waals surface area contributed by atoms with E-state index in [-0.39, 0.29) is 0 Å². The lowest BCUT2D eigenvalue weighted by Gasteiger charge is -2.00. The number of rotatable bonds is 1. The van der Waals surface area contributed by atoms with Crippen molar-refractivity contribution in [1.82, 2.24) is 0 Å². The zero-order valence-corrected chi connectivity index (χ0v) is 5.91. The molecule has 0 fully saturated rings. The molecule has 2 nitrogen and oxygen atoms in total. The molecule has 0 radical (unpaired) electrons. The molecular weight excluding hydrogens is 217 g/mol. The Hall–Kier alpha value is -0.610. The predicted molar refractivity (Wildman–Crippen MR) is 29.2 cm³/mol. The summed E-state index contributed by atoms with van der Waals surface area (Å²) in [6.07, 6.45) is -4.91. The second-order valence-electron chi connectivity index (χ2n) is 1.25. The molecule has 0 aromatic rings. The third-order valence-electron chi connectivity index (χ3n) is 0.582. The smallest absolute Gasteiger partial charge is 0.280 e. The number of carbonyl (C=O) groups excluding carboxylic acids is 2. The van der Waals surface area contributed by atoms with Gasteiger partial charge in [-0.15, -0.1) is 0 Å². The average molecular weight is 217 g/mol. The number of hydrogen-bond acceptors (Lipinski definition) is 2. The van der Waals surface area contributed by atoms with Gasteiger partial charge in [0, 0.05) is 0 Å². The normalized spacial score (nSPS) is 10.4. The first kappa shape index (κ1) is 9.39. The van der Waals surface area contributed by atoms with Crippen molar-refractivity contribution in [3.63, 3.8) is 0 Å². The fourth-order valence-electron chi connectivity index (χ4n) is 0.209. The fraction of sp³-hybridized carbons (Fsp3) is 0.250. The van der Waals surface area contributed by atoms with E-state index in [1.807, 2.05) is 15.9 Å². The van der Waals surface area contributed by atoms with Crippen LogP contribution in [0.5, 0.6) is 0 Å². The molecule has 0 aliphatic heterocycles. The standard InChI is InChI=1S/C4BrF3O2/c5-3(10)2(1-9)4(6,7)8. The van der Waals surface area contributed by atoms with Gasteiger partial charge in [0.05, 0.1) is 0 Å². The molecule has 0 saturated carbocycles. The molecule has 0 heterocycles. The minimum atomic E-state index is -4.91. The van der Waals surface area contributed by atoms with E-state index in [9.17, 15) is 22.8 Å². The number of hydrogen-bond donors (Lipinski definition) is 0. The monoisotopic (exact) mass is 216 g/mol. The minimum Gasteiger partial charge on any atom is -0.280 e. The molecule has 0 aromatic heterocycles. The van der Waals surface area contributed by atoms with E-state index < -0.39 is 16.4 Å². The van der Waals surface area contributed by atoms with Crippen molar-refractivity contribution >= 4 is 26.6 Å². The molecule has 0 amide bonds.